The van der Waals surface area contributed by atoms with Gasteiger partial charge < -0.3 is 5.11 Å². The van der Waals surface area contributed by atoms with Gasteiger partial charge in [-0.25, -0.2) is 0 Å². The van der Waals surface area contributed by atoms with Crippen molar-refractivity contribution in [3.8, 4) is 0 Å². The second-order valence-corrected chi connectivity index (χ2v) is 5.82. The van der Waals surface area contributed by atoms with Crippen molar-refractivity contribution in [3.05, 3.63) is 33.8 Å². The number of aliphatic hydroxyl groups is 1. The summed E-state index contributed by atoms with van der Waals surface area (Å²) >= 11 is 11.9. The molecular weight excluding hydrogens is 285 g/mol. The number of halogens is 2. The van der Waals surface area contributed by atoms with Gasteiger partial charge in [-0.15, -0.1) is 0 Å². The highest BCUT2D eigenvalue weighted by molar-refractivity contribution is 6.36. The zero-order valence-electron chi connectivity index (χ0n) is 10.6. The zero-order valence-corrected chi connectivity index (χ0v) is 12.1. The number of nitrogens with zero attached hydrogens (tertiary/aromatic N) is 1. The first kappa shape index (κ1) is 14.8. The van der Waals surface area contributed by atoms with E-state index in [-0.39, 0.29) is 18.3 Å². The number of piperidine rings is 1. The lowest BCUT2D eigenvalue weighted by Gasteiger charge is -2.31. The van der Waals surface area contributed by atoms with Crippen LogP contribution in [0.5, 0.6) is 0 Å². The van der Waals surface area contributed by atoms with Crippen LogP contribution < -0.4 is 0 Å². The molecule has 1 aromatic rings. The number of rotatable bonds is 4. The summed E-state index contributed by atoms with van der Waals surface area (Å²) in [4.78, 5) is 14.3. The van der Waals surface area contributed by atoms with Crippen LogP contribution in [0.2, 0.25) is 10.0 Å². The van der Waals surface area contributed by atoms with Crippen LogP contribution in [0, 0.1) is 5.92 Å². The SMILES string of the molecule is O=C(CN1CCCC(CO)C1)c1cc(Cl)ccc1Cl. The molecule has 5 heteroatoms. The number of carbonyl (C=O) groups is 1. The number of hydrogen-bond donors (Lipinski definition) is 1. The molecule has 0 radical (unpaired) electrons. The largest absolute Gasteiger partial charge is 0.396 e. The highest BCUT2D eigenvalue weighted by atomic mass is 35.5. The van der Waals surface area contributed by atoms with Gasteiger partial charge in [-0.1, -0.05) is 23.2 Å². The van der Waals surface area contributed by atoms with Crippen LogP contribution in [0.3, 0.4) is 0 Å². The van der Waals surface area contributed by atoms with Gasteiger partial charge in [0, 0.05) is 23.7 Å². The molecule has 0 spiro atoms. The molecule has 104 valence electrons. The van der Waals surface area contributed by atoms with Gasteiger partial charge in [0.05, 0.1) is 11.6 Å². The molecule has 1 saturated heterocycles. The Kier molecular flexibility index (Phi) is 5.22. The lowest BCUT2D eigenvalue weighted by molar-refractivity contribution is 0.0833. The highest BCUT2D eigenvalue weighted by Crippen LogP contribution is 2.22. The van der Waals surface area contributed by atoms with Gasteiger partial charge in [-0.3, -0.25) is 9.69 Å². The van der Waals surface area contributed by atoms with E-state index >= 15 is 0 Å². The van der Waals surface area contributed by atoms with E-state index in [0.717, 1.165) is 25.9 Å². The van der Waals surface area contributed by atoms with Gasteiger partial charge in [-0.2, -0.15) is 0 Å². The molecule has 0 amide bonds. The Morgan fingerprint density at radius 1 is 1.42 bits per heavy atom. The van der Waals surface area contributed by atoms with Crippen molar-refractivity contribution in [2.75, 3.05) is 26.2 Å². The molecule has 19 heavy (non-hydrogen) atoms. The van der Waals surface area contributed by atoms with Gasteiger partial charge in [0.15, 0.2) is 5.78 Å². The molecule has 1 N–H and O–H groups in total. The molecule has 1 heterocycles. The third-order valence-electron chi connectivity index (χ3n) is 3.46. The summed E-state index contributed by atoms with van der Waals surface area (Å²) in [5.74, 6) is 0.252. The van der Waals surface area contributed by atoms with Crippen molar-refractivity contribution >= 4 is 29.0 Å². The van der Waals surface area contributed by atoms with Gasteiger partial charge in [0.25, 0.3) is 0 Å². The first-order chi connectivity index (χ1) is 9.10. The third kappa shape index (κ3) is 3.93. The molecule has 1 atom stereocenters. The summed E-state index contributed by atoms with van der Waals surface area (Å²) in [5.41, 5.74) is 0.472. The van der Waals surface area contributed by atoms with E-state index in [1.165, 1.54) is 0 Å². The van der Waals surface area contributed by atoms with Gasteiger partial charge in [-0.05, 0) is 43.5 Å². The number of hydrogen-bond acceptors (Lipinski definition) is 3. The maximum Gasteiger partial charge on any atom is 0.178 e. The minimum Gasteiger partial charge on any atom is -0.396 e. The number of likely N-dealkylation sites (tertiary alicyclic amines) is 1. The van der Waals surface area contributed by atoms with Crippen LogP contribution in [0.1, 0.15) is 23.2 Å². The third-order valence-corrected chi connectivity index (χ3v) is 4.02. The molecule has 1 aliphatic heterocycles. The van der Waals surface area contributed by atoms with E-state index in [1.54, 1.807) is 18.2 Å². The minimum absolute atomic E-state index is 0.0221. The Hall–Kier alpha value is -0.610. The summed E-state index contributed by atoms with van der Waals surface area (Å²) in [7, 11) is 0. The Labute approximate surface area is 123 Å². The quantitative estimate of drug-likeness (QED) is 0.870. The van der Waals surface area contributed by atoms with Crippen molar-refractivity contribution < 1.29 is 9.90 Å². The summed E-state index contributed by atoms with van der Waals surface area (Å²) in [6.07, 6.45) is 2.04. The van der Waals surface area contributed by atoms with E-state index in [2.05, 4.69) is 4.90 Å². The summed E-state index contributed by atoms with van der Waals surface area (Å²) < 4.78 is 0. The molecule has 1 fully saturated rings. The predicted octanol–water partition coefficient (Wildman–Crippen LogP) is 2.88. The molecule has 0 aromatic heterocycles. The van der Waals surface area contributed by atoms with Crippen molar-refractivity contribution in [1.82, 2.24) is 4.90 Å². The average Bonchev–Trinajstić information content (AvgIpc) is 2.41. The number of aliphatic hydroxyl groups excluding tert-OH is 1. The fourth-order valence-electron chi connectivity index (χ4n) is 2.44. The van der Waals surface area contributed by atoms with Crippen molar-refractivity contribution in [3.63, 3.8) is 0 Å². The zero-order chi connectivity index (χ0) is 13.8. The molecule has 1 aromatic carbocycles. The normalized spacial score (nSPS) is 20.5. The maximum absolute atomic E-state index is 12.2. The Morgan fingerprint density at radius 3 is 2.95 bits per heavy atom. The van der Waals surface area contributed by atoms with Crippen LogP contribution in [0.4, 0.5) is 0 Å². The Morgan fingerprint density at radius 2 is 2.21 bits per heavy atom. The average molecular weight is 302 g/mol. The summed E-state index contributed by atoms with van der Waals surface area (Å²) in [6, 6.07) is 4.92. The fraction of sp³-hybridized carbons (Fsp3) is 0.500. The van der Waals surface area contributed by atoms with E-state index in [1.807, 2.05) is 0 Å². The van der Waals surface area contributed by atoms with Crippen molar-refractivity contribution in [2.24, 2.45) is 5.92 Å². The highest BCUT2D eigenvalue weighted by Gasteiger charge is 2.22. The molecule has 0 saturated carbocycles. The second-order valence-electron chi connectivity index (χ2n) is 4.97. The molecule has 1 unspecified atom stereocenters. The molecule has 1 aliphatic rings. The van der Waals surface area contributed by atoms with E-state index in [9.17, 15) is 9.90 Å². The second kappa shape index (κ2) is 6.71. The monoisotopic (exact) mass is 301 g/mol. The summed E-state index contributed by atoms with van der Waals surface area (Å²) in [5, 5.41) is 10.1. The van der Waals surface area contributed by atoms with Gasteiger partial charge in [0.2, 0.25) is 0 Å². The molecule has 0 aliphatic carbocycles. The Bertz CT molecular complexity index is 465. The Balaban J connectivity index is 2.02. The van der Waals surface area contributed by atoms with Gasteiger partial charge in [0.1, 0.15) is 0 Å². The van der Waals surface area contributed by atoms with E-state index in [0.29, 0.717) is 22.2 Å². The van der Waals surface area contributed by atoms with E-state index in [4.69, 9.17) is 23.2 Å². The number of ketones is 1. The summed E-state index contributed by atoms with van der Waals surface area (Å²) in [6.45, 7) is 2.17. The maximum atomic E-state index is 12.2. The molecule has 3 nitrogen and oxygen atoms in total. The van der Waals surface area contributed by atoms with Crippen molar-refractivity contribution in [1.29, 1.82) is 0 Å². The molecule has 0 bridgehead atoms. The molecular formula is C14H17Cl2NO2. The minimum atomic E-state index is -0.0221. The van der Waals surface area contributed by atoms with Crippen LogP contribution >= 0.6 is 23.2 Å². The lowest BCUT2D eigenvalue weighted by Crippen LogP contribution is -2.39. The molecule has 2 rings (SSSR count). The first-order valence-corrected chi connectivity index (χ1v) is 7.17. The fourth-order valence-corrected chi connectivity index (χ4v) is 2.84. The van der Waals surface area contributed by atoms with Crippen LogP contribution in [-0.2, 0) is 0 Å². The number of carbonyl (C=O) groups excluding carboxylic acids is 1. The smallest absolute Gasteiger partial charge is 0.178 e. The van der Waals surface area contributed by atoms with Gasteiger partial charge >= 0.3 is 0 Å². The number of Topliss-reactive ketones (excluding diaryl/α,β-unsaturated/α-hetero) is 1. The van der Waals surface area contributed by atoms with Crippen LogP contribution in [0.25, 0.3) is 0 Å². The predicted molar refractivity (Wildman–Crippen MR) is 77.0 cm³/mol. The van der Waals surface area contributed by atoms with Crippen LogP contribution in [-0.4, -0.2) is 42.0 Å². The number of benzene rings is 1. The standard InChI is InChI=1S/C14H17Cl2NO2/c15-11-3-4-13(16)12(6-11)14(19)8-17-5-1-2-10(7-17)9-18/h3-4,6,10,18H,1-2,5,7-9H2. The van der Waals surface area contributed by atoms with Crippen molar-refractivity contribution in [2.45, 2.75) is 12.8 Å². The topological polar surface area (TPSA) is 40.5 Å². The lowest BCUT2D eigenvalue weighted by atomic mass is 9.98. The van der Waals surface area contributed by atoms with Crippen LogP contribution in [0.15, 0.2) is 18.2 Å². The van der Waals surface area contributed by atoms with E-state index < -0.39 is 0 Å². The first-order valence-electron chi connectivity index (χ1n) is 6.41.